The Labute approximate surface area is 254 Å². The molecule has 4 N–H and O–H groups in total. The third-order valence-electron chi connectivity index (χ3n) is 6.47. The lowest BCUT2D eigenvalue weighted by Gasteiger charge is -2.18. The van der Waals surface area contributed by atoms with E-state index in [1.54, 1.807) is 10.0 Å². The summed E-state index contributed by atoms with van der Waals surface area (Å²) in [5.74, 6) is 13.9. The van der Waals surface area contributed by atoms with E-state index in [4.69, 9.17) is 35.4 Å². The van der Waals surface area contributed by atoms with Gasteiger partial charge in [-0.25, -0.2) is 11.7 Å². The Morgan fingerprint density at radius 2 is 0.721 bits per heavy atom. The molecule has 9 nitrogen and oxygen atoms in total. The van der Waals surface area contributed by atoms with Gasteiger partial charge in [0.05, 0.1) is 64.1 Å². The van der Waals surface area contributed by atoms with Gasteiger partial charge in [0.25, 0.3) is 0 Å². The van der Waals surface area contributed by atoms with E-state index in [0.717, 1.165) is 34.0 Å². The van der Waals surface area contributed by atoms with Gasteiger partial charge in [-0.05, 0) is 59.7 Å². The molecule has 0 heterocycles. The van der Waals surface area contributed by atoms with Crippen LogP contribution in [0.15, 0.2) is 109 Å². The first-order valence-corrected chi connectivity index (χ1v) is 14.5. The van der Waals surface area contributed by atoms with E-state index in [9.17, 15) is 0 Å². The smallest absolute Gasteiger partial charge is 0.119 e. The van der Waals surface area contributed by atoms with Gasteiger partial charge >= 0.3 is 0 Å². The quantitative estimate of drug-likeness (QED) is 0.0845. The molecule has 0 unspecified atom stereocenters. The molecule has 43 heavy (non-hydrogen) atoms. The Bertz CT molecular complexity index is 1180. The highest BCUT2D eigenvalue weighted by molar-refractivity contribution is 5.46. The predicted molar refractivity (Wildman–Crippen MR) is 170 cm³/mol. The Morgan fingerprint density at radius 1 is 0.395 bits per heavy atom. The fourth-order valence-electron chi connectivity index (χ4n) is 4.18. The second-order valence-corrected chi connectivity index (χ2v) is 9.75. The summed E-state index contributed by atoms with van der Waals surface area (Å²) in [7, 11) is 0. The lowest BCUT2D eigenvalue weighted by Crippen LogP contribution is -2.29. The first-order valence-electron chi connectivity index (χ1n) is 14.5. The van der Waals surface area contributed by atoms with Gasteiger partial charge in [0, 0.05) is 0 Å². The monoisotopic (exact) mass is 586 g/mol. The molecule has 228 valence electrons. The van der Waals surface area contributed by atoms with Crippen molar-refractivity contribution in [1.82, 2.24) is 0 Å². The normalized spacial score (nSPS) is 10.8. The Hall–Kier alpha value is -4.12. The molecule has 0 aliphatic carbocycles. The topological polar surface area (TPSA) is 105 Å². The molecule has 9 heteroatoms. The van der Waals surface area contributed by atoms with Crippen LogP contribution in [-0.4, -0.2) is 52.9 Å². The Balaban J connectivity index is 0.945. The maximum atomic E-state index is 6.16. The molecule has 0 amide bonds. The van der Waals surface area contributed by atoms with Crippen LogP contribution < -0.4 is 31.2 Å². The van der Waals surface area contributed by atoms with E-state index in [1.807, 2.05) is 109 Å². The van der Waals surface area contributed by atoms with Crippen molar-refractivity contribution in [2.45, 2.75) is 13.1 Å². The molecule has 0 radical (unpaired) electrons. The first-order chi connectivity index (χ1) is 21.2. The molecule has 0 aliphatic heterocycles. The van der Waals surface area contributed by atoms with E-state index in [0.29, 0.717) is 65.9 Å². The average Bonchev–Trinajstić information content (AvgIpc) is 3.05. The Morgan fingerprint density at radius 3 is 1.07 bits per heavy atom. The zero-order chi connectivity index (χ0) is 30.0. The van der Waals surface area contributed by atoms with Gasteiger partial charge < -0.3 is 33.7 Å². The summed E-state index contributed by atoms with van der Waals surface area (Å²) < 4.78 is 28.2. The van der Waals surface area contributed by atoms with Crippen LogP contribution in [0, 0.1) is 0 Å². The van der Waals surface area contributed by atoms with Gasteiger partial charge in [-0.2, -0.15) is 0 Å². The van der Waals surface area contributed by atoms with Gasteiger partial charge in [-0.3, -0.25) is 0 Å². The highest BCUT2D eigenvalue weighted by Gasteiger charge is 2.04. The summed E-state index contributed by atoms with van der Waals surface area (Å²) in [4.78, 5) is 0. The standard InChI is InChI=1S/C34H42N4O5/c35-37(31-7-3-1-4-8-31)27-29-11-15-33(16-12-29)42-25-23-40-21-19-39-20-22-41-24-26-43-34-17-13-30(14-18-34)28-38(36)32-9-5-2-6-10-32/h1-18H,19-28,35-36H2. The number of nitrogens with two attached hydrogens (primary N) is 2. The van der Waals surface area contributed by atoms with E-state index >= 15 is 0 Å². The number of hydrogen-bond donors (Lipinski definition) is 2. The molecule has 4 aromatic carbocycles. The van der Waals surface area contributed by atoms with E-state index in [-0.39, 0.29) is 0 Å². The van der Waals surface area contributed by atoms with Gasteiger partial charge in [0.2, 0.25) is 0 Å². The maximum Gasteiger partial charge on any atom is 0.119 e. The van der Waals surface area contributed by atoms with Crippen molar-refractivity contribution in [1.29, 1.82) is 0 Å². The molecule has 0 aromatic heterocycles. The van der Waals surface area contributed by atoms with Crippen LogP contribution in [0.25, 0.3) is 0 Å². The summed E-state index contributed by atoms with van der Waals surface area (Å²) in [5, 5.41) is 3.44. The predicted octanol–water partition coefficient (Wildman–Crippen LogP) is 4.95. The molecule has 0 saturated heterocycles. The third-order valence-corrected chi connectivity index (χ3v) is 6.47. The van der Waals surface area contributed by atoms with Gasteiger partial charge in [0.15, 0.2) is 0 Å². The first kappa shape index (κ1) is 31.8. The second kappa shape index (κ2) is 18.4. The zero-order valence-electron chi connectivity index (χ0n) is 24.6. The van der Waals surface area contributed by atoms with Crippen LogP contribution in [0.4, 0.5) is 11.4 Å². The number of anilines is 2. The van der Waals surface area contributed by atoms with Crippen molar-refractivity contribution in [3.63, 3.8) is 0 Å². The Kier molecular flexibility index (Phi) is 13.6. The van der Waals surface area contributed by atoms with Crippen LogP contribution in [0.3, 0.4) is 0 Å². The van der Waals surface area contributed by atoms with Crippen molar-refractivity contribution in [3.05, 3.63) is 120 Å². The van der Waals surface area contributed by atoms with Gasteiger partial charge in [-0.15, -0.1) is 0 Å². The lowest BCUT2D eigenvalue weighted by atomic mass is 10.2. The van der Waals surface area contributed by atoms with E-state index in [2.05, 4.69) is 0 Å². The molecule has 4 aromatic rings. The number of ether oxygens (including phenoxy) is 5. The SMILES string of the molecule is NN(Cc1ccc(OCCOCCOCCOCCOc2ccc(CN(N)c3ccccc3)cc2)cc1)c1ccccc1. The minimum atomic E-state index is 0.470. The number of hydrogen-bond acceptors (Lipinski definition) is 9. The summed E-state index contributed by atoms with van der Waals surface area (Å²) in [5.41, 5.74) is 4.15. The molecule has 0 atom stereocenters. The van der Waals surface area contributed by atoms with Crippen molar-refractivity contribution >= 4 is 11.4 Å². The van der Waals surface area contributed by atoms with Gasteiger partial charge in [-0.1, -0.05) is 60.7 Å². The van der Waals surface area contributed by atoms with E-state index < -0.39 is 0 Å². The van der Waals surface area contributed by atoms with Crippen molar-refractivity contribution in [2.75, 3.05) is 62.9 Å². The third kappa shape index (κ3) is 12.0. The summed E-state index contributed by atoms with van der Waals surface area (Å²) in [6.45, 7) is 5.16. The highest BCUT2D eigenvalue weighted by Crippen LogP contribution is 2.18. The van der Waals surface area contributed by atoms with E-state index in [1.165, 1.54) is 0 Å². The maximum absolute atomic E-state index is 6.16. The molecular weight excluding hydrogens is 544 g/mol. The van der Waals surface area contributed by atoms with Crippen LogP contribution in [0.1, 0.15) is 11.1 Å². The molecular formula is C34H42N4O5. The minimum absolute atomic E-state index is 0.470. The fourth-order valence-corrected chi connectivity index (χ4v) is 4.18. The van der Waals surface area contributed by atoms with Crippen LogP contribution in [-0.2, 0) is 27.3 Å². The lowest BCUT2D eigenvalue weighted by molar-refractivity contribution is 0.00499. The molecule has 4 rings (SSSR count). The second-order valence-electron chi connectivity index (χ2n) is 9.75. The minimum Gasteiger partial charge on any atom is -0.491 e. The van der Waals surface area contributed by atoms with Crippen molar-refractivity contribution < 1.29 is 23.7 Å². The van der Waals surface area contributed by atoms with Crippen LogP contribution in [0.5, 0.6) is 11.5 Å². The summed E-state index contributed by atoms with van der Waals surface area (Å²) >= 11 is 0. The molecule has 0 bridgehead atoms. The average molecular weight is 587 g/mol. The van der Waals surface area contributed by atoms with Crippen LogP contribution in [0.2, 0.25) is 0 Å². The summed E-state index contributed by atoms with van der Waals surface area (Å²) in [6, 6.07) is 35.6. The van der Waals surface area contributed by atoms with Crippen molar-refractivity contribution in [2.24, 2.45) is 11.7 Å². The number of benzene rings is 4. The molecule has 0 spiro atoms. The number of hydrazine groups is 2. The largest absolute Gasteiger partial charge is 0.491 e. The fraction of sp³-hybridized carbons (Fsp3) is 0.294. The van der Waals surface area contributed by atoms with Crippen molar-refractivity contribution in [3.8, 4) is 11.5 Å². The highest BCUT2D eigenvalue weighted by atomic mass is 16.6. The molecule has 0 aliphatic rings. The van der Waals surface area contributed by atoms with Gasteiger partial charge in [0.1, 0.15) is 24.7 Å². The number of nitrogens with zero attached hydrogens (tertiary/aromatic N) is 2. The van der Waals surface area contributed by atoms with Crippen LogP contribution >= 0.6 is 0 Å². The zero-order valence-corrected chi connectivity index (χ0v) is 24.6. The number of para-hydroxylation sites is 2. The summed E-state index contributed by atoms with van der Waals surface area (Å²) in [6.07, 6.45) is 0. The number of rotatable bonds is 20. The molecule has 0 saturated carbocycles. The molecule has 0 fully saturated rings.